The van der Waals surface area contributed by atoms with Gasteiger partial charge in [-0.3, -0.25) is 4.98 Å². The highest BCUT2D eigenvalue weighted by molar-refractivity contribution is 5.68. The van der Waals surface area contributed by atoms with Crippen molar-refractivity contribution in [3.05, 3.63) is 41.2 Å². The second-order valence-corrected chi connectivity index (χ2v) is 6.94. The maximum Gasteiger partial charge on any atom is 0.410 e. The first kappa shape index (κ1) is 17.5. The van der Waals surface area contributed by atoms with Crippen LogP contribution in [0.2, 0.25) is 0 Å². The molecule has 0 fully saturated rings. The third kappa shape index (κ3) is 5.67. The number of hydrogen-bond acceptors (Lipinski definition) is 4. The summed E-state index contributed by atoms with van der Waals surface area (Å²) in [6.45, 7) is 10.8. The molecule has 5 nitrogen and oxygen atoms in total. The molecule has 0 aromatic carbocycles. The molecule has 0 saturated carbocycles. The molecule has 0 bridgehead atoms. The molecule has 2 rings (SSSR count). The largest absolute Gasteiger partial charge is 0.444 e. The molecule has 0 saturated heterocycles. The van der Waals surface area contributed by atoms with E-state index in [-0.39, 0.29) is 6.09 Å². The molecule has 5 heteroatoms. The van der Waals surface area contributed by atoms with Crippen LogP contribution < -0.4 is 5.32 Å². The van der Waals surface area contributed by atoms with Gasteiger partial charge in [0.1, 0.15) is 5.60 Å². The summed E-state index contributed by atoms with van der Waals surface area (Å²) < 4.78 is 5.40. The molecular weight excluding hydrogens is 290 g/mol. The zero-order chi connectivity index (χ0) is 16.9. The van der Waals surface area contributed by atoms with Crippen molar-refractivity contribution in [2.75, 3.05) is 19.6 Å². The molecule has 0 unspecified atom stereocenters. The fourth-order valence-electron chi connectivity index (χ4n) is 2.40. The number of rotatable bonds is 4. The van der Waals surface area contributed by atoms with Gasteiger partial charge in [0, 0.05) is 38.6 Å². The van der Waals surface area contributed by atoms with Crippen molar-refractivity contribution in [1.82, 2.24) is 15.2 Å². The number of hydrogen-bond donors (Lipinski definition) is 1. The number of aromatic nitrogens is 1. The molecule has 2 heterocycles. The molecule has 126 valence electrons. The highest BCUT2D eigenvalue weighted by Gasteiger charge is 2.23. The lowest BCUT2D eigenvalue weighted by atomic mass is 10.1. The summed E-state index contributed by atoms with van der Waals surface area (Å²) in [5.41, 5.74) is 3.37. The van der Waals surface area contributed by atoms with Gasteiger partial charge >= 0.3 is 6.09 Å². The van der Waals surface area contributed by atoms with E-state index in [1.54, 1.807) is 4.90 Å². The van der Waals surface area contributed by atoms with Crippen molar-refractivity contribution < 1.29 is 9.53 Å². The van der Waals surface area contributed by atoms with E-state index >= 15 is 0 Å². The van der Waals surface area contributed by atoms with Gasteiger partial charge in [-0.25, -0.2) is 4.79 Å². The molecule has 1 aromatic heterocycles. The Morgan fingerprint density at radius 2 is 2.17 bits per heavy atom. The van der Waals surface area contributed by atoms with E-state index in [1.807, 2.05) is 39.2 Å². The van der Waals surface area contributed by atoms with Crippen LogP contribution in [0.5, 0.6) is 0 Å². The van der Waals surface area contributed by atoms with Crippen LogP contribution in [-0.4, -0.2) is 41.2 Å². The summed E-state index contributed by atoms with van der Waals surface area (Å²) in [6.07, 6.45) is 6.50. The van der Waals surface area contributed by atoms with Gasteiger partial charge in [-0.1, -0.05) is 11.6 Å². The Labute approximate surface area is 138 Å². The predicted octanol–water partition coefficient (Wildman–Crippen LogP) is 3.05. The lowest BCUT2D eigenvalue weighted by Gasteiger charge is -2.29. The number of ether oxygens (including phenoxy) is 1. The van der Waals surface area contributed by atoms with Crippen LogP contribution >= 0.6 is 0 Å². The normalized spacial score (nSPS) is 15.3. The van der Waals surface area contributed by atoms with E-state index in [0.717, 1.165) is 19.5 Å². The van der Waals surface area contributed by atoms with Crippen LogP contribution in [0.1, 0.15) is 38.3 Å². The van der Waals surface area contributed by atoms with Crippen molar-refractivity contribution in [3.8, 4) is 0 Å². The number of carbonyl (C=O) groups is 1. The fourth-order valence-corrected chi connectivity index (χ4v) is 2.40. The summed E-state index contributed by atoms with van der Waals surface area (Å²) in [6, 6.07) is 2.02. The minimum absolute atomic E-state index is 0.230. The topological polar surface area (TPSA) is 54.5 Å². The SMILES string of the molecule is Cc1ccncc1CNCC1=CCN(C(=O)OC(C)(C)C)CC1. The maximum absolute atomic E-state index is 12.0. The quantitative estimate of drug-likeness (QED) is 0.867. The number of amides is 1. The molecule has 0 radical (unpaired) electrons. The van der Waals surface area contributed by atoms with Gasteiger partial charge in [-0.15, -0.1) is 0 Å². The zero-order valence-corrected chi connectivity index (χ0v) is 14.6. The Kier molecular flexibility index (Phi) is 5.77. The Bertz CT molecular complexity index is 576. The number of carbonyl (C=O) groups excluding carboxylic acids is 1. The number of nitrogens with one attached hydrogen (secondary N) is 1. The zero-order valence-electron chi connectivity index (χ0n) is 14.6. The van der Waals surface area contributed by atoms with Crippen molar-refractivity contribution in [2.45, 2.75) is 46.3 Å². The molecule has 23 heavy (non-hydrogen) atoms. The standard InChI is InChI=1S/C18H27N3O2/c1-14-5-8-19-12-16(14)13-20-11-15-6-9-21(10-7-15)17(22)23-18(2,3)4/h5-6,8,12,20H,7,9-11,13H2,1-4H3. The minimum Gasteiger partial charge on any atom is -0.444 e. The molecule has 0 spiro atoms. The van der Waals surface area contributed by atoms with E-state index in [9.17, 15) is 4.79 Å². The smallest absolute Gasteiger partial charge is 0.410 e. The summed E-state index contributed by atoms with van der Waals surface area (Å²) in [4.78, 5) is 17.9. The molecule has 0 atom stereocenters. The first-order valence-electron chi connectivity index (χ1n) is 8.11. The van der Waals surface area contributed by atoms with Crippen molar-refractivity contribution in [3.63, 3.8) is 0 Å². The molecular formula is C18H27N3O2. The maximum atomic E-state index is 12.0. The number of nitrogens with zero attached hydrogens (tertiary/aromatic N) is 2. The van der Waals surface area contributed by atoms with Crippen molar-refractivity contribution in [1.29, 1.82) is 0 Å². The summed E-state index contributed by atoms with van der Waals surface area (Å²) >= 11 is 0. The van der Waals surface area contributed by atoms with Crippen LogP contribution in [0.25, 0.3) is 0 Å². The average molecular weight is 317 g/mol. The van der Waals surface area contributed by atoms with Gasteiger partial charge in [0.15, 0.2) is 0 Å². The van der Waals surface area contributed by atoms with Gasteiger partial charge in [0.25, 0.3) is 0 Å². The molecule has 1 aliphatic rings. The van der Waals surface area contributed by atoms with Crippen LogP contribution in [0.4, 0.5) is 4.79 Å². The van der Waals surface area contributed by atoms with Crippen LogP contribution in [0.15, 0.2) is 30.1 Å². The van der Waals surface area contributed by atoms with E-state index in [2.05, 4.69) is 23.3 Å². The third-order valence-corrected chi connectivity index (χ3v) is 3.77. The fraction of sp³-hybridized carbons (Fsp3) is 0.556. The van der Waals surface area contributed by atoms with Crippen LogP contribution in [0.3, 0.4) is 0 Å². The highest BCUT2D eigenvalue weighted by Crippen LogP contribution is 2.15. The predicted molar refractivity (Wildman–Crippen MR) is 91.2 cm³/mol. The first-order valence-corrected chi connectivity index (χ1v) is 8.11. The first-order chi connectivity index (χ1) is 10.8. The van der Waals surface area contributed by atoms with E-state index in [4.69, 9.17) is 4.74 Å². The van der Waals surface area contributed by atoms with E-state index < -0.39 is 5.60 Å². The Morgan fingerprint density at radius 3 is 2.78 bits per heavy atom. The monoisotopic (exact) mass is 317 g/mol. The molecule has 1 aliphatic heterocycles. The van der Waals surface area contributed by atoms with Gasteiger partial charge < -0.3 is 15.0 Å². The Hall–Kier alpha value is -1.88. The number of aryl methyl sites for hydroxylation is 1. The average Bonchev–Trinajstić information content (AvgIpc) is 2.48. The second kappa shape index (κ2) is 7.59. The van der Waals surface area contributed by atoms with Gasteiger partial charge in [-0.2, -0.15) is 0 Å². The molecule has 0 aliphatic carbocycles. The van der Waals surface area contributed by atoms with Gasteiger partial charge in [-0.05, 0) is 51.3 Å². The minimum atomic E-state index is -0.440. The molecule has 1 N–H and O–H groups in total. The van der Waals surface area contributed by atoms with Crippen molar-refractivity contribution >= 4 is 6.09 Å². The summed E-state index contributed by atoms with van der Waals surface area (Å²) in [5.74, 6) is 0. The van der Waals surface area contributed by atoms with E-state index in [0.29, 0.717) is 13.1 Å². The van der Waals surface area contributed by atoms with Crippen LogP contribution in [0, 0.1) is 6.92 Å². The van der Waals surface area contributed by atoms with Crippen LogP contribution in [-0.2, 0) is 11.3 Å². The summed E-state index contributed by atoms with van der Waals surface area (Å²) in [5, 5.41) is 3.45. The van der Waals surface area contributed by atoms with E-state index in [1.165, 1.54) is 16.7 Å². The summed E-state index contributed by atoms with van der Waals surface area (Å²) in [7, 11) is 0. The van der Waals surface area contributed by atoms with Gasteiger partial charge in [0.05, 0.1) is 0 Å². The Balaban J connectivity index is 1.77. The van der Waals surface area contributed by atoms with Crippen molar-refractivity contribution in [2.24, 2.45) is 0 Å². The third-order valence-electron chi connectivity index (χ3n) is 3.77. The molecule has 1 aromatic rings. The lowest BCUT2D eigenvalue weighted by Crippen LogP contribution is -2.39. The van der Waals surface area contributed by atoms with Gasteiger partial charge in [0.2, 0.25) is 0 Å². The second-order valence-electron chi connectivity index (χ2n) is 6.94. The molecule has 1 amide bonds. The highest BCUT2D eigenvalue weighted by atomic mass is 16.6. The lowest BCUT2D eigenvalue weighted by molar-refractivity contribution is 0.0265. The number of pyridine rings is 1. The Morgan fingerprint density at radius 1 is 1.39 bits per heavy atom.